The minimum absolute atomic E-state index is 0.112. The Morgan fingerprint density at radius 1 is 1.06 bits per heavy atom. The zero-order chi connectivity index (χ0) is 26.2. The van der Waals surface area contributed by atoms with E-state index in [4.69, 9.17) is 28.3 Å². The van der Waals surface area contributed by atoms with Crippen LogP contribution in [0.5, 0.6) is 0 Å². The molecule has 3 aromatic rings. The van der Waals surface area contributed by atoms with E-state index in [1.54, 1.807) is 42.6 Å². The number of carbonyl (C=O) groups excluding carboxylic acids is 1. The van der Waals surface area contributed by atoms with Gasteiger partial charge in [-0.3, -0.25) is 14.6 Å². The Morgan fingerprint density at radius 3 is 2.22 bits per heavy atom. The zero-order valence-electron chi connectivity index (χ0n) is 19.3. The first-order chi connectivity index (χ1) is 17.0. The first-order valence-electron chi connectivity index (χ1n) is 11.0. The van der Waals surface area contributed by atoms with Crippen LogP contribution in [0.25, 0.3) is 11.1 Å². The largest absolute Gasteiger partial charge is 0.481 e. The molecule has 1 amide bonds. The number of rotatable bonds is 6. The van der Waals surface area contributed by atoms with Gasteiger partial charge in [-0.1, -0.05) is 47.5 Å². The number of hydrogen-bond acceptors (Lipinski definition) is 4. The van der Waals surface area contributed by atoms with Crippen molar-refractivity contribution in [2.45, 2.75) is 38.7 Å². The summed E-state index contributed by atoms with van der Waals surface area (Å²) in [5.74, 6) is -7.62. The van der Waals surface area contributed by atoms with E-state index in [1.807, 2.05) is 26.0 Å². The lowest BCUT2D eigenvalue weighted by Crippen LogP contribution is -2.42. The molecular weight excluding hydrogens is 511 g/mol. The highest BCUT2D eigenvalue weighted by molar-refractivity contribution is 6.30. The van der Waals surface area contributed by atoms with Gasteiger partial charge in [-0.25, -0.2) is 5.01 Å². The number of carbonyl (C=O) groups is 2. The fourth-order valence-corrected chi connectivity index (χ4v) is 4.40. The minimum Gasteiger partial charge on any atom is -0.481 e. The molecule has 4 rings (SSSR count). The second-order valence-corrected chi connectivity index (χ2v) is 9.38. The molecule has 1 N–H and O–H groups in total. The normalized spacial score (nSPS) is 15.7. The monoisotopic (exact) mass is 531 g/mol. The van der Waals surface area contributed by atoms with Gasteiger partial charge in [0.05, 0.1) is 11.8 Å². The summed E-state index contributed by atoms with van der Waals surface area (Å²) in [6, 6.07) is 12.7. The highest BCUT2D eigenvalue weighted by Crippen LogP contribution is 2.39. The van der Waals surface area contributed by atoms with Gasteiger partial charge in [0.1, 0.15) is 6.42 Å². The Hall–Kier alpha value is -3.36. The van der Waals surface area contributed by atoms with Crippen LogP contribution in [-0.4, -0.2) is 38.6 Å². The van der Waals surface area contributed by atoms with Crippen molar-refractivity contribution in [1.29, 1.82) is 0 Å². The lowest BCUT2D eigenvalue weighted by atomic mass is 9.90. The summed E-state index contributed by atoms with van der Waals surface area (Å²) in [6.45, 7) is 3.75. The Labute approximate surface area is 216 Å². The van der Waals surface area contributed by atoms with Gasteiger partial charge in [-0.05, 0) is 60.4 Å². The maximum absolute atomic E-state index is 14.6. The number of benzene rings is 2. The second kappa shape index (κ2) is 9.95. The number of hydrazone groups is 1. The summed E-state index contributed by atoms with van der Waals surface area (Å²) < 4.78 is 29.2. The third kappa shape index (κ3) is 5.10. The smallest absolute Gasteiger partial charge is 0.337 e. The van der Waals surface area contributed by atoms with Crippen molar-refractivity contribution >= 4 is 40.8 Å². The molecule has 6 nitrogen and oxygen atoms in total. The zero-order valence-corrected chi connectivity index (χ0v) is 20.8. The van der Waals surface area contributed by atoms with Crippen molar-refractivity contribution in [2.24, 2.45) is 5.10 Å². The number of pyridine rings is 1. The second-order valence-electron chi connectivity index (χ2n) is 8.51. The third-order valence-corrected chi connectivity index (χ3v) is 6.58. The molecule has 0 saturated heterocycles. The van der Waals surface area contributed by atoms with Crippen LogP contribution in [0.1, 0.15) is 41.3 Å². The van der Waals surface area contributed by atoms with E-state index >= 15 is 0 Å². The highest BCUT2D eigenvalue weighted by Gasteiger charge is 2.48. The molecule has 0 saturated carbocycles. The summed E-state index contributed by atoms with van der Waals surface area (Å²) in [5, 5.41) is 14.9. The van der Waals surface area contributed by atoms with Crippen molar-refractivity contribution in [3.8, 4) is 11.1 Å². The number of alkyl halides is 2. The van der Waals surface area contributed by atoms with Crippen LogP contribution >= 0.6 is 23.2 Å². The molecule has 0 spiro atoms. The lowest BCUT2D eigenvalue weighted by molar-refractivity contribution is -0.167. The molecule has 186 valence electrons. The molecule has 0 radical (unpaired) electrons. The number of nitrogens with zero attached hydrogens (tertiary/aromatic N) is 3. The highest BCUT2D eigenvalue weighted by atomic mass is 35.5. The van der Waals surface area contributed by atoms with Gasteiger partial charge in [-0.2, -0.15) is 13.9 Å². The topological polar surface area (TPSA) is 82.9 Å². The van der Waals surface area contributed by atoms with E-state index < -0.39 is 30.3 Å². The quantitative estimate of drug-likeness (QED) is 0.395. The Kier molecular flexibility index (Phi) is 7.11. The maximum atomic E-state index is 14.6. The molecule has 0 fully saturated rings. The lowest BCUT2D eigenvalue weighted by Gasteiger charge is -2.25. The molecule has 2 aromatic carbocycles. The number of halogens is 4. The van der Waals surface area contributed by atoms with Crippen LogP contribution in [0.4, 0.5) is 8.78 Å². The molecule has 36 heavy (non-hydrogen) atoms. The van der Waals surface area contributed by atoms with Crippen molar-refractivity contribution < 1.29 is 23.5 Å². The van der Waals surface area contributed by atoms with Gasteiger partial charge in [0, 0.05) is 33.9 Å². The summed E-state index contributed by atoms with van der Waals surface area (Å²) in [6.07, 6.45) is 0.0798. The van der Waals surface area contributed by atoms with E-state index in [9.17, 15) is 18.4 Å². The van der Waals surface area contributed by atoms with Crippen molar-refractivity contribution in [3.05, 3.63) is 87.2 Å². The fraction of sp³-hybridized carbons (Fsp3) is 0.231. The van der Waals surface area contributed by atoms with Gasteiger partial charge >= 0.3 is 17.8 Å². The SMILES string of the molecule is Cc1ncc(C2=NN(C(=O)C(F)(F)CC(=O)O)C(c3ccc(Cl)cc3)C2)c(-c2ccc(Cl)cc2)c1C. The van der Waals surface area contributed by atoms with E-state index in [-0.39, 0.29) is 6.42 Å². The fourth-order valence-electron chi connectivity index (χ4n) is 4.15. The molecule has 2 heterocycles. The van der Waals surface area contributed by atoms with Gasteiger partial charge in [0.2, 0.25) is 0 Å². The molecule has 1 aliphatic rings. The molecule has 1 aliphatic heterocycles. The van der Waals surface area contributed by atoms with E-state index in [2.05, 4.69) is 10.1 Å². The number of carboxylic acids is 1. The Bertz CT molecular complexity index is 1360. The number of hydrogen-bond donors (Lipinski definition) is 1. The van der Waals surface area contributed by atoms with Crippen LogP contribution in [0.15, 0.2) is 59.8 Å². The average molecular weight is 532 g/mol. The first kappa shape index (κ1) is 25.7. The minimum atomic E-state index is -4.14. The molecule has 10 heteroatoms. The number of amides is 1. The summed E-state index contributed by atoms with van der Waals surface area (Å²) in [5.41, 5.74) is 4.73. The van der Waals surface area contributed by atoms with Crippen molar-refractivity contribution in [3.63, 3.8) is 0 Å². The summed E-state index contributed by atoms with van der Waals surface area (Å²) in [7, 11) is 0. The van der Waals surface area contributed by atoms with Crippen molar-refractivity contribution in [1.82, 2.24) is 9.99 Å². The summed E-state index contributed by atoms with van der Waals surface area (Å²) in [4.78, 5) is 28.3. The molecular formula is C26H21Cl2F2N3O3. The third-order valence-electron chi connectivity index (χ3n) is 6.08. The summed E-state index contributed by atoms with van der Waals surface area (Å²) >= 11 is 12.1. The average Bonchev–Trinajstić information content (AvgIpc) is 3.25. The van der Waals surface area contributed by atoms with E-state index in [0.717, 1.165) is 22.4 Å². The number of aliphatic carboxylic acids is 1. The van der Waals surface area contributed by atoms with Gasteiger partial charge in [0.25, 0.3) is 0 Å². The first-order valence-corrected chi connectivity index (χ1v) is 11.7. The maximum Gasteiger partial charge on any atom is 0.337 e. The molecule has 1 unspecified atom stereocenters. The van der Waals surface area contributed by atoms with Crippen LogP contribution in [-0.2, 0) is 9.59 Å². The number of aryl methyl sites for hydroxylation is 1. The van der Waals surface area contributed by atoms with Gasteiger partial charge in [0.15, 0.2) is 0 Å². The molecule has 0 aliphatic carbocycles. The Balaban J connectivity index is 1.84. The molecule has 1 atom stereocenters. The molecule has 0 bridgehead atoms. The standard InChI is InChI=1S/C26H21Cl2F2N3O3/c1-14-15(2)31-13-20(24(14)17-5-9-19(28)10-6-17)21-11-22(16-3-7-18(27)8-4-16)33(32-21)25(36)26(29,30)12-23(34)35/h3-10,13,22H,11-12H2,1-2H3,(H,34,35). The van der Waals surface area contributed by atoms with Crippen LogP contribution < -0.4 is 0 Å². The predicted molar refractivity (Wildman–Crippen MR) is 134 cm³/mol. The van der Waals surface area contributed by atoms with Crippen LogP contribution in [0, 0.1) is 13.8 Å². The Morgan fingerprint density at radius 2 is 1.64 bits per heavy atom. The number of aromatic nitrogens is 1. The van der Waals surface area contributed by atoms with Crippen LogP contribution in [0.2, 0.25) is 10.0 Å². The van der Waals surface area contributed by atoms with E-state index in [1.165, 1.54) is 0 Å². The number of carboxylic acid groups (broad SMARTS) is 1. The van der Waals surface area contributed by atoms with Gasteiger partial charge < -0.3 is 5.11 Å². The molecule has 1 aromatic heterocycles. The van der Waals surface area contributed by atoms with E-state index in [0.29, 0.717) is 31.9 Å². The van der Waals surface area contributed by atoms with Gasteiger partial charge in [-0.15, -0.1) is 0 Å². The van der Waals surface area contributed by atoms with Crippen molar-refractivity contribution in [2.75, 3.05) is 0 Å². The predicted octanol–water partition coefficient (Wildman–Crippen LogP) is 6.46. The van der Waals surface area contributed by atoms with Crippen LogP contribution in [0.3, 0.4) is 0 Å².